The van der Waals surface area contributed by atoms with E-state index in [9.17, 15) is 0 Å². The van der Waals surface area contributed by atoms with Crippen molar-refractivity contribution in [1.29, 1.82) is 0 Å². The van der Waals surface area contributed by atoms with E-state index in [1.807, 2.05) is 73.5 Å². The summed E-state index contributed by atoms with van der Waals surface area (Å²) in [7, 11) is 0. The molecule has 0 unspecified atom stereocenters. The fourth-order valence-electron chi connectivity index (χ4n) is 11.6. The lowest BCUT2D eigenvalue weighted by Gasteiger charge is -2.10. The third-order valence-corrected chi connectivity index (χ3v) is 19.1. The molecule has 0 spiro atoms. The topological polar surface area (TPSA) is 206 Å². The second kappa shape index (κ2) is 34.6. The van der Waals surface area contributed by atoms with Crippen molar-refractivity contribution in [2.24, 2.45) is 0 Å². The zero-order valence-electron chi connectivity index (χ0n) is 61.4. The van der Waals surface area contributed by atoms with E-state index in [4.69, 9.17) is 13.6 Å². The van der Waals surface area contributed by atoms with Gasteiger partial charge < -0.3 is 31.8 Å². The molecule has 0 aliphatic heterocycles. The van der Waals surface area contributed by atoms with E-state index >= 15 is 0 Å². The van der Waals surface area contributed by atoms with Crippen molar-refractivity contribution in [3.63, 3.8) is 0 Å². The maximum atomic E-state index is 5.18. The number of rotatable bonds is 17. The molecule has 0 amide bonds. The van der Waals surface area contributed by atoms with Gasteiger partial charge in [0, 0.05) is 112 Å². The molecule has 20 heteroatoms. The summed E-state index contributed by atoms with van der Waals surface area (Å²) in [5.74, 6) is 10.2. The lowest BCUT2D eigenvalue weighted by atomic mass is 10.0. The summed E-state index contributed by atoms with van der Waals surface area (Å²) in [6.07, 6.45) is 44.1. The molecule has 96 heavy (non-hydrogen) atoms. The molecule has 8 saturated carbocycles. The summed E-state index contributed by atoms with van der Waals surface area (Å²) in [6.45, 7) is 39.0. The Morgan fingerprint density at radius 1 is 0.438 bits per heavy atom. The van der Waals surface area contributed by atoms with E-state index in [1.165, 1.54) is 148 Å². The number of hydrogen-bond acceptors (Lipinski definition) is 15. The van der Waals surface area contributed by atoms with Gasteiger partial charge in [-0.2, -0.15) is 4.37 Å². The van der Waals surface area contributed by atoms with Gasteiger partial charge in [-0.25, -0.2) is 19.6 Å². The Morgan fingerprint density at radius 3 is 1.43 bits per heavy atom. The number of imidazole rings is 3. The van der Waals surface area contributed by atoms with E-state index in [0.29, 0.717) is 59.7 Å². The third-order valence-electron chi connectivity index (χ3n) is 18.5. The lowest BCUT2D eigenvalue weighted by Crippen LogP contribution is -2.06. The van der Waals surface area contributed by atoms with Crippen LogP contribution in [0, 0.1) is 0 Å². The monoisotopic (exact) mass is 1330 g/mol. The molecule has 17 rings (SSSR count). The van der Waals surface area contributed by atoms with Crippen LogP contribution in [-0.4, -0.2) is 78.3 Å². The van der Waals surface area contributed by atoms with E-state index in [0.717, 1.165) is 64.5 Å². The van der Waals surface area contributed by atoms with Crippen LogP contribution in [0.5, 0.6) is 0 Å². The highest BCUT2D eigenvalue weighted by Gasteiger charge is 2.34. The van der Waals surface area contributed by atoms with Crippen molar-refractivity contribution < 1.29 is 13.6 Å². The Kier molecular flexibility index (Phi) is 26.5. The van der Waals surface area contributed by atoms with Crippen LogP contribution < -0.4 is 0 Å². The second-order valence-corrected chi connectivity index (χ2v) is 31.2. The Balaban J connectivity index is 0.000000127. The van der Waals surface area contributed by atoms with Gasteiger partial charge in [-0.3, -0.25) is 0 Å². The molecular weight excluding hydrogens is 1220 g/mol. The van der Waals surface area contributed by atoms with Crippen LogP contribution in [0.25, 0.3) is 0 Å². The fourth-order valence-corrected chi connectivity index (χ4v) is 12.5. The molecule has 8 aliphatic rings. The van der Waals surface area contributed by atoms with Crippen LogP contribution in [0.2, 0.25) is 0 Å². The fraction of sp³-hybridized carbons (Fsp3) is 0.671. The second-order valence-electron chi connectivity index (χ2n) is 30.6. The lowest BCUT2D eigenvalue weighted by molar-refractivity contribution is 0.369. The minimum atomic E-state index is 0.452. The predicted molar refractivity (Wildman–Crippen MR) is 382 cm³/mol. The smallest absolute Gasteiger partial charge is 0.142 e. The average Bonchev–Trinajstić information content (AvgIpc) is 1.92. The molecule has 9 aromatic rings. The van der Waals surface area contributed by atoms with Gasteiger partial charge in [0.1, 0.15) is 30.4 Å². The molecule has 0 N–H and O–H groups in total. The maximum absolute atomic E-state index is 5.18. The molecule has 8 fully saturated rings. The average molecular weight is 1330 g/mol. The summed E-state index contributed by atoms with van der Waals surface area (Å²) in [5.41, 5.74) is 13.4. The highest BCUT2D eigenvalue weighted by Crippen LogP contribution is 2.47. The Morgan fingerprint density at radius 2 is 0.969 bits per heavy atom. The van der Waals surface area contributed by atoms with Crippen molar-refractivity contribution >= 4 is 11.5 Å². The molecule has 9 heterocycles. The summed E-state index contributed by atoms with van der Waals surface area (Å²) < 4.78 is 30.4. The third kappa shape index (κ3) is 21.8. The first kappa shape index (κ1) is 73.4. The van der Waals surface area contributed by atoms with Crippen molar-refractivity contribution in [2.75, 3.05) is 0 Å². The molecule has 9 aromatic heterocycles. The van der Waals surface area contributed by atoms with Gasteiger partial charge in [-0.05, 0) is 209 Å². The first-order chi connectivity index (χ1) is 46.1. The van der Waals surface area contributed by atoms with E-state index < -0.39 is 0 Å². The first-order valence-corrected chi connectivity index (χ1v) is 37.5. The molecule has 0 aromatic carbocycles. The van der Waals surface area contributed by atoms with Crippen LogP contribution in [0.3, 0.4) is 0 Å². The SMILES string of the molecule is CC(C)c1cncn1C1CC1.CC(C)c1nncn1C1CC1.CC(C)c1nocc1C1CC1.CC(C)c1nocc1C1CC1.CC(C)c1nscc1C1CC1.CC(C)c1oncc1C1CC1.CC(C)n1ccnc1.CC(C)n1cncc1C1CC1.CC(C)n1nncc1C1CC1. The van der Waals surface area contributed by atoms with Gasteiger partial charge in [-0.15, -0.1) is 15.3 Å². The van der Waals surface area contributed by atoms with E-state index in [2.05, 4.69) is 204 Å². The highest BCUT2D eigenvalue weighted by molar-refractivity contribution is 7.03. The highest BCUT2D eigenvalue weighted by atomic mass is 32.1. The Labute approximate surface area is 577 Å². The Bertz CT molecular complexity index is 2840. The van der Waals surface area contributed by atoms with Gasteiger partial charge >= 0.3 is 0 Å². The summed E-state index contributed by atoms with van der Waals surface area (Å²) in [5, 5.41) is 30.0. The molecule has 524 valence electrons. The molecule has 0 radical (unpaired) electrons. The van der Waals surface area contributed by atoms with Gasteiger partial charge in [0.05, 0.1) is 54.2 Å². The van der Waals surface area contributed by atoms with E-state index in [1.54, 1.807) is 17.7 Å². The van der Waals surface area contributed by atoms with Gasteiger partial charge in [0.2, 0.25) is 0 Å². The minimum absolute atomic E-state index is 0.452. The van der Waals surface area contributed by atoms with Crippen molar-refractivity contribution in [3.8, 4) is 0 Å². The van der Waals surface area contributed by atoms with Crippen molar-refractivity contribution in [1.82, 2.24) is 78.3 Å². The molecule has 19 nitrogen and oxygen atoms in total. The summed E-state index contributed by atoms with van der Waals surface area (Å²) >= 11 is 1.61. The predicted octanol–water partition coefficient (Wildman–Crippen LogP) is 20.8. The van der Waals surface area contributed by atoms with Crippen molar-refractivity contribution in [3.05, 3.63) is 148 Å². The van der Waals surface area contributed by atoms with Crippen molar-refractivity contribution in [2.45, 2.75) is 329 Å². The zero-order chi connectivity index (χ0) is 68.7. The number of hydrogen-bond donors (Lipinski definition) is 0. The molecule has 0 saturated heterocycles. The van der Waals surface area contributed by atoms with Crippen LogP contribution in [-0.2, 0) is 0 Å². The van der Waals surface area contributed by atoms with Gasteiger partial charge in [-0.1, -0.05) is 104 Å². The standard InChI is InChI=1S/2C9H14N2.3C9H13NO.C9H13NS.2C8H13N3.C6H10N2/c1-7(2)11-6-10-5-9(11)8-3-4-8;1-7(2)9-5-10-6-11(9)8-3-4-8;2*1-6(2)9-8(5-11-10-9)7-3-4-7;1-6(2)9-8(5-10-11-9)7-3-4-7;1-6(2)9-8(5-11-10-9)7-3-4-7;1-6(2)8-10-9-5-11(8)7-3-4-7;1-6(2)11-8(5-9-10-11)7-3-4-7;1-6(2)8-4-3-7-5-8/h2*5-8H,3-4H2,1-2H3;6*5-7H,3-4H2,1-2H3;3-6H,1-2H3. The largest absolute Gasteiger partial charge is 0.364 e. The summed E-state index contributed by atoms with van der Waals surface area (Å²) in [6, 6.07) is 3.04. The van der Waals surface area contributed by atoms with Crippen LogP contribution in [0.4, 0.5) is 0 Å². The minimum Gasteiger partial charge on any atom is -0.364 e. The number of nitrogens with zero attached hydrogens (tertiary/aromatic N) is 16. The molecular formula is C76H116N16O3S. The first-order valence-electron chi connectivity index (χ1n) is 36.7. The maximum Gasteiger partial charge on any atom is 0.142 e. The summed E-state index contributed by atoms with van der Waals surface area (Å²) in [4.78, 5) is 12.2. The normalized spacial score (nSPS) is 17.1. The molecule has 0 atom stereocenters. The van der Waals surface area contributed by atoms with Gasteiger partial charge in [0.15, 0.2) is 0 Å². The van der Waals surface area contributed by atoms with Crippen LogP contribution in [0.15, 0.2) is 94.0 Å². The molecule has 0 bridgehead atoms. The van der Waals surface area contributed by atoms with E-state index in [-0.39, 0.29) is 0 Å². The quantitative estimate of drug-likeness (QED) is 0.0832. The van der Waals surface area contributed by atoms with Crippen LogP contribution in [0.1, 0.15) is 397 Å². The molecule has 8 aliphatic carbocycles. The number of aromatic nitrogens is 16. The van der Waals surface area contributed by atoms with Crippen LogP contribution >= 0.6 is 11.5 Å². The zero-order valence-corrected chi connectivity index (χ0v) is 62.2. The van der Waals surface area contributed by atoms with Gasteiger partial charge in [0.25, 0.3) is 0 Å². The Hall–Kier alpha value is -6.83.